The summed E-state index contributed by atoms with van der Waals surface area (Å²) in [5.74, 6) is 0. The van der Waals surface area contributed by atoms with Crippen LogP contribution in [0.15, 0.2) is 24.3 Å². The van der Waals surface area contributed by atoms with Crippen LogP contribution in [0.5, 0.6) is 0 Å². The maximum atomic E-state index is 8.90. The van der Waals surface area contributed by atoms with Crippen LogP contribution in [0.25, 0.3) is 0 Å². The molecule has 1 aromatic rings. The summed E-state index contributed by atoms with van der Waals surface area (Å²) in [6.07, 6.45) is 2.40. The molecule has 1 heterocycles. The Morgan fingerprint density at radius 3 is 2.59 bits per heavy atom. The average Bonchev–Trinajstić information content (AvgIpc) is 2.39. The summed E-state index contributed by atoms with van der Waals surface area (Å²) in [6, 6.07) is 10.8. The van der Waals surface area contributed by atoms with Gasteiger partial charge in [0.15, 0.2) is 0 Å². The predicted octanol–water partition coefficient (Wildman–Crippen LogP) is 2.09. The molecular formula is C14H19N3. The maximum Gasteiger partial charge on any atom is 0.0992 e. The molecule has 17 heavy (non-hydrogen) atoms. The Bertz CT molecular complexity index is 412. The van der Waals surface area contributed by atoms with Crippen molar-refractivity contribution < 1.29 is 0 Å². The summed E-state index contributed by atoms with van der Waals surface area (Å²) in [5.41, 5.74) is 1.93. The molecule has 0 N–H and O–H groups in total. The van der Waals surface area contributed by atoms with Gasteiger partial charge in [-0.2, -0.15) is 5.26 Å². The van der Waals surface area contributed by atoms with E-state index >= 15 is 0 Å². The van der Waals surface area contributed by atoms with Crippen LogP contribution in [0.3, 0.4) is 0 Å². The first kappa shape index (κ1) is 11.9. The maximum absolute atomic E-state index is 8.90. The van der Waals surface area contributed by atoms with E-state index in [0.29, 0.717) is 6.04 Å². The van der Waals surface area contributed by atoms with E-state index in [1.54, 1.807) is 0 Å². The van der Waals surface area contributed by atoms with Crippen LogP contribution in [0.1, 0.15) is 18.4 Å². The fourth-order valence-electron chi connectivity index (χ4n) is 2.41. The summed E-state index contributed by atoms with van der Waals surface area (Å²) in [5, 5.41) is 8.90. The van der Waals surface area contributed by atoms with Gasteiger partial charge in [-0.3, -0.25) is 0 Å². The zero-order valence-corrected chi connectivity index (χ0v) is 10.6. The van der Waals surface area contributed by atoms with Crippen molar-refractivity contribution in [1.82, 2.24) is 4.90 Å². The number of piperidine rings is 1. The first-order valence-electron chi connectivity index (χ1n) is 6.12. The Morgan fingerprint density at radius 1 is 1.29 bits per heavy atom. The SMILES string of the molecule is CN(C)C1CCN(c2cccc(C#N)c2)CC1. The van der Waals surface area contributed by atoms with Crippen LogP contribution >= 0.6 is 0 Å². The minimum Gasteiger partial charge on any atom is -0.371 e. The molecule has 1 saturated heterocycles. The van der Waals surface area contributed by atoms with E-state index in [1.807, 2.05) is 18.2 Å². The summed E-state index contributed by atoms with van der Waals surface area (Å²) in [7, 11) is 4.30. The lowest BCUT2D eigenvalue weighted by Crippen LogP contribution is -2.41. The minimum absolute atomic E-state index is 0.699. The van der Waals surface area contributed by atoms with Crippen molar-refractivity contribution in [2.45, 2.75) is 18.9 Å². The van der Waals surface area contributed by atoms with E-state index < -0.39 is 0 Å². The highest BCUT2D eigenvalue weighted by molar-refractivity contribution is 5.51. The zero-order valence-electron chi connectivity index (χ0n) is 10.6. The van der Waals surface area contributed by atoms with Crippen molar-refractivity contribution in [3.8, 4) is 6.07 Å². The molecule has 0 amide bonds. The van der Waals surface area contributed by atoms with Crippen LogP contribution < -0.4 is 4.90 Å². The lowest BCUT2D eigenvalue weighted by Gasteiger charge is -2.36. The molecule has 1 aliphatic rings. The third kappa shape index (κ3) is 2.78. The van der Waals surface area contributed by atoms with Crippen molar-refractivity contribution in [1.29, 1.82) is 5.26 Å². The second kappa shape index (κ2) is 5.20. The largest absolute Gasteiger partial charge is 0.371 e. The van der Waals surface area contributed by atoms with Gasteiger partial charge in [-0.25, -0.2) is 0 Å². The van der Waals surface area contributed by atoms with Crippen molar-refractivity contribution in [2.24, 2.45) is 0 Å². The Hall–Kier alpha value is -1.53. The second-order valence-corrected chi connectivity index (χ2v) is 4.84. The molecule has 2 rings (SSSR count). The Kier molecular flexibility index (Phi) is 3.65. The molecule has 0 spiro atoms. The van der Waals surface area contributed by atoms with Crippen molar-refractivity contribution in [2.75, 3.05) is 32.1 Å². The highest BCUT2D eigenvalue weighted by atomic mass is 15.2. The van der Waals surface area contributed by atoms with Crippen LogP contribution in [0, 0.1) is 11.3 Å². The van der Waals surface area contributed by atoms with Gasteiger partial charge >= 0.3 is 0 Å². The monoisotopic (exact) mass is 229 g/mol. The standard InChI is InChI=1S/C14H19N3/c1-16(2)13-6-8-17(9-7-13)14-5-3-4-12(10-14)11-15/h3-5,10,13H,6-9H2,1-2H3. The fraction of sp³-hybridized carbons (Fsp3) is 0.500. The van der Waals surface area contributed by atoms with Crippen LogP contribution in [-0.2, 0) is 0 Å². The van der Waals surface area contributed by atoms with Crippen molar-refractivity contribution in [3.05, 3.63) is 29.8 Å². The van der Waals surface area contributed by atoms with Crippen molar-refractivity contribution >= 4 is 5.69 Å². The molecule has 3 heteroatoms. The second-order valence-electron chi connectivity index (χ2n) is 4.84. The highest BCUT2D eigenvalue weighted by Crippen LogP contribution is 2.22. The first-order chi connectivity index (χ1) is 8.20. The molecule has 0 saturated carbocycles. The van der Waals surface area contributed by atoms with Gasteiger partial charge in [0.25, 0.3) is 0 Å². The molecule has 3 nitrogen and oxygen atoms in total. The van der Waals surface area contributed by atoms with E-state index in [4.69, 9.17) is 5.26 Å². The number of nitrogens with zero attached hydrogens (tertiary/aromatic N) is 3. The van der Waals surface area contributed by atoms with Gasteiger partial charge < -0.3 is 9.80 Å². The van der Waals surface area contributed by atoms with Gasteiger partial charge in [0.1, 0.15) is 0 Å². The quantitative estimate of drug-likeness (QED) is 0.778. The lowest BCUT2D eigenvalue weighted by molar-refractivity contribution is 0.249. The van der Waals surface area contributed by atoms with E-state index in [9.17, 15) is 0 Å². The molecular weight excluding hydrogens is 210 g/mol. The number of rotatable bonds is 2. The number of benzene rings is 1. The molecule has 0 aliphatic carbocycles. The molecule has 0 radical (unpaired) electrons. The number of hydrogen-bond acceptors (Lipinski definition) is 3. The third-order valence-corrected chi connectivity index (χ3v) is 3.54. The summed E-state index contributed by atoms with van der Waals surface area (Å²) >= 11 is 0. The zero-order chi connectivity index (χ0) is 12.3. The molecule has 1 fully saturated rings. The first-order valence-corrected chi connectivity index (χ1v) is 6.12. The van der Waals surface area contributed by atoms with Gasteiger partial charge in [-0.15, -0.1) is 0 Å². The van der Waals surface area contributed by atoms with Crippen LogP contribution in [0.2, 0.25) is 0 Å². The predicted molar refractivity (Wildman–Crippen MR) is 70.1 cm³/mol. The lowest BCUT2D eigenvalue weighted by atomic mass is 10.0. The van der Waals surface area contributed by atoms with E-state index in [1.165, 1.54) is 18.5 Å². The Morgan fingerprint density at radius 2 is 2.00 bits per heavy atom. The van der Waals surface area contributed by atoms with Gasteiger partial charge in [-0.05, 0) is 45.1 Å². The molecule has 90 valence electrons. The van der Waals surface area contributed by atoms with Crippen LogP contribution in [-0.4, -0.2) is 38.1 Å². The normalized spacial score (nSPS) is 17.2. The highest BCUT2D eigenvalue weighted by Gasteiger charge is 2.20. The topological polar surface area (TPSA) is 30.3 Å². The molecule has 0 atom stereocenters. The van der Waals surface area contributed by atoms with Gasteiger partial charge in [0.2, 0.25) is 0 Å². The number of nitriles is 1. The molecule has 1 aliphatic heterocycles. The average molecular weight is 229 g/mol. The van der Waals surface area contributed by atoms with Gasteiger partial charge in [0, 0.05) is 24.8 Å². The third-order valence-electron chi connectivity index (χ3n) is 3.54. The fourth-order valence-corrected chi connectivity index (χ4v) is 2.41. The van der Waals surface area contributed by atoms with Gasteiger partial charge in [0.05, 0.1) is 11.6 Å². The number of anilines is 1. The smallest absolute Gasteiger partial charge is 0.0992 e. The summed E-state index contributed by atoms with van der Waals surface area (Å²) in [6.45, 7) is 2.16. The van der Waals surface area contributed by atoms with Crippen LogP contribution in [0.4, 0.5) is 5.69 Å². The summed E-state index contributed by atoms with van der Waals surface area (Å²) < 4.78 is 0. The molecule has 0 aromatic heterocycles. The van der Waals surface area contributed by atoms with E-state index in [2.05, 4.69) is 36.0 Å². The number of hydrogen-bond donors (Lipinski definition) is 0. The van der Waals surface area contributed by atoms with E-state index in [0.717, 1.165) is 18.7 Å². The molecule has 0 bridgehead atoms. The molecule has 0 unspecified atom stereocenters. The minimum atomic E-state index is 0.699. The Labute approximate surface area is 103 Å². The molecule has 1 aromatic carbocycles. The van der Waals surface area contributed by atoms with E-state index in [-0.39, 0.29) is 0 Å². The Balaban J connectivity index is 2.03. The van der Waals surface area contributed by atoms with Crippen molar-refractivity contribution in [3.63, 3.8) is 0 Å². The van der Waals surface area contributed by atoms with Gasteiger partial charge in [-0.1, -0.05) is 6.07 Å². The summed E-state index contributed by atoms with van der Waals surface area (Å²) in [4.78, 5) is 4.68.